The third kappa shape index (κ3) is 2.67. The molecular weight excluding hydrogens is 268 g/mol. The first-order valence-electron chi connectivity index (χ1n) is 5.21. The molecule has 2 nitrogen and oxygen atoms in total. The molecule has 84 valence electrons. The smallest absolute Gasteiger partial charge is 0.165 e. The lowest BCUT2D eigenvalue weighted by atomic mass is 9.96. The van der Waals surface area contributed by atoms with Gasteiger partial charge in [-0.3, -0.25) is 0 Å². The Bertz CT molecular complexity index is 400. The predicted molar refractivity (Wildman–Crippen MR) is 67.7 cm³/mol. The molecule has 3 heteroatoms. The van der Waals surface area contributed by atoms with E-state index in [1.807, 2.05) is 0 Å². The van der Waals surface area contributed by atoms with Crippen LogP contribution >= 0.6 is 15.9 Å². The van der Waals surface area contributed by atoms with E-state index in [0.29, 0.717) is 0 Å². The van der Waals surface area contributed by atoms with Crippen molar-refractivity contribution >= 4 is 15.9 Å². The van der Waals surface area contributed by atoms with Crippen LogP contribution in [0.1, 0.15) is 12.8 Å². The first kappa shape index (κ1) is 11.3. The highest BCUT2D eigenvalue weighted by molar-refractivity contribution is 9.09. The van der Waals surface area contributed by atoms with E-state index in [4.69, 9.17) is 9.47 Å². The van der Waals surface area contributed by atoms with Gasteiger partial charge in [-0.05, 0) is 18.4 Å². The van der Waals surface area contributed by atoms with E-state index in [0.717, 1.165) is 23.9 Å². The molecule has 0 saturated heterocycles. The zero-order valence-electron chi connectivity index (χ0n) is 8.86. The minimum absolute atomic E-state index is 0.807. The van der Waals surface area contributed by atoms with E-state index in [-0.39, 0.29) is 0 Å². The summed E-state index contributed by atoms with van der Waals surface area (Å²) in [5.74, 6) is 0.807. The lowest BCUT2D eigenvalue weighted by Gasteiger charge is -2.17. The van der Waals surface area contributed by atoms with Crippen LogP contribution in [-0.2, 0) is 9.47 Å². The molecule has 1 aliphatic carbocycles. The molecule has 0 aromatic heterocycles. The minimum atomic E-state index is 0.807. The molecule has 1 heterocycles. The summed E-state index contributed by atoms with van der Waals surface area (Å²) < 4.78 is 10.6. The molecule has 0 aromatic rings. The molecule has 16 heavy (non-hydrogen) atoms. The molecule has 0 N–H and O–H groups in total. The van der Waals surface area contributed by atoms with Gasteiger partial charge in [-0.15, -0.1) is 0 Å². The topological polar surface area (TPSA) is 18.5 Å². The van der Waals surface area contributed by atoms with Gasteiger partial charge in [-0.2, -0.15) is 0 Å². The lowest BCUT2D eigenvalue weighted by molar-refractivity contribution is 0.262. The molecule has 0 fully saturated rings. The Labute approximate surface area is 104 Å². The number of ether oxygens (including phenoxy) is 2. The molecule has 0 unspecified atom stereocenters. The molecule has 0 aromatic carbocycles. The number of halogens is 1. The predicted octanol–water partition coefficient (Wildman–Crippen LogP) is 3.94. The van der Waals surface area contributed by atoms with Gasteiger partial charge in [0.25, 0.3) is 0 Å². The van der Waals surface area contributed by atoms with Crippen LogP contribution in [0.15, 0.2) is 60.0 Å². The normalized spacial score (nSPS) is 19.7. The molecule has 0 radical (unpaired) electrons. The van der Waals surface area contributed by atoms with E-state index in [1.165, 1.54) is 17.4 Å². The molecule has 0 amide bonds. The van der Waals surface area contributed by atoms with Crippen molar-refractivity contribution in [3.8, 4) is 0 Å². The number of rotatable bonds is 3. The second-order valence-electron chi connectivity index (χ2n) is 3.44. The third-order valence-electron chi connectivity index (χ3n) is 2.40. The number of hydrogen-bond acceptors (Lipinski definition) is 2. The van der Waals surface area contributed by atoms with Gasteiger partial charge in [0.2, 0.25) is 0 Å². The highest BCUT2D eigenvalue weighted by atomic mass is 79.9. The van der Waals surface area contributed by atoms with Crippen molar-refractivity contribution in [2.75, 3.05) is 5.33 Å². The number of hydrogen-bond donors (Lipinski definition) is 0. The monoisotopic (exact) mass is 280 g/mol. The fourth-order valence-electron chi connectivity index (χ4n) is 1.68. The number of allylic oxidation sites excluding steroid dienone is 6. The van der Waals surface area contributed by atoms with Crippen LogP contribution in [-0.4, -0.2) is 5.33 Å². The van der Waals surface area contributed by atoms with Crippen LogP contribution in [0, 0.1) is 0 Å². The zero-order chi connectivity index (χ0) is 11.2. The van der Waals surface area contributed by atoms with Crippen molar-refractivity contribution in [1.82, 2.24) is 0 Å². The van der Waals surface area contributed by atoms with Crippen LogP contribution in [0.2, 0.25) is 0 Å². The summed E-state index contributed by atoms with van der Waals surface area (Å²) in [4.78, 5) is 0. The number of alkyl halides is 1. The maximum Gasteiger partial charge on any atom is 0.165 e. The van der Waals surface area contributed by atoms with E-state index >= 15 is 0 Å². The van der Waals surface area contributed by atoms with E-state index in [9.17, 15) is 0 Å². The van der Waals surface area contributed by atoms with Crippen molar-refractivity contribution in [2.45, 2.75) is 12.8 Å². The molecule has 2 rings (SSSR count). The summed E-state index contributed by atoms with van der Waals surface area (Å²) in [5, 5.41) is 0.855. The van der Waals surface area contributed by atoms with Crippen molar-refractivity contribution in [2.24, 2.45) is 0 Å². The van der Waals surface area contributed by atoms with Gasteiger partial charge in [-0.25, -0.2) is 0 Å². The molecule has 1 aliphatic heterocycles. The Kier molecular flexibility index (Phi) is 4.05. The van der Waals surface area contributed by atoms with Gasteiger partial charge in [0.05, 0.1) is 0 Å². The average molecular weight is 281 g/mol. The minimum Gasteiger partial charge on any atom is -0.466 e. The summed E-state index contributed by atoms with van der Waals surface area (Å²) >= 11 is 3.38. The third-order valence-corrected chi connectivity index (χ3v) is 2.77. The largest absolute Gasteiger partial charge is 0.466 e. The zero-order valence-corrected chi connectivity index (χ0v) is 10.4. The lowest BCUT2D eigenvalue weighted by Crippen LogP contribution is -2.01. The molecule has 0 saturated carbocycles. The van der Waals surface area contributed by atoms with Crippen LogP contribution < -0.4 is 0 Å². The SMILES string of the molecule is BrCC=CC1=C(C2=COC=CO2)CCC=C1. The highest BCUT2D eigenvalue weighted by Gasteiger charge is 2.14. The Morgan fingerprint density at radius 1 is 1.38 bits per heavy atom. The summed E-state index contributed by atoms with van der Waals surface area (Å²) in [6, 6.07) is 0. The fourth-order valence-corrected chi connectivity index (χ4v) is 1.87. The highest BCUT2D eigenvalue weighted by Crippen LogP contribution is 2.28. The van der Waals surface area contributed by atoms with E-state index < -0.39 is 0 Å². The quantitative estimate of drug-likeness (QED) is 0.729. The van der Waals surface area contributed by atoms with Gasteiger partial charge in [0, 0.05) is 10.9 Å². The summed E-state index contributed by atoms with van der Waals surface area (Å²) in [6.07, 6.45) is 15.2. The van der Waals surface area contributed by atoms with Gasteiger partial charge in [0.15, 0.2) is 5.76 Å². The molecular formula is C13H13BrO2. The Hall–Kier alpha value is -1.22. The Balaban J connectivity index is 2.26. The molecule has 0 spiro atoms. The molecule has 0 atom stereocenters. The second kappa shape index (κ2) is 5.75. The first-order valence-corrected chi connectivity index (χ1v) is 6.34. The average Bonchev–Trinajstić information content (AvgIpc) is 2.38. The van der Waals surface area contributed by atoms with Crippen molar-refractivity contribution < 1.29 is 9.47 Å². The van der Waals surface area contributed by atoms with Crippen LogP contribution in [0.4, 0.5) is 0 Å². The van der Waals surface area contributed by atoms with Gasteiger partial charge in [0.1, 0.15) is 18.8 Å². The second-order valence-corrected chi connectivity index (χ2v) is 4.09. The van der Waals surface area contributed by atoms with Crippen LogP contribution in [0.5, 0.6) is 0 Å². The first-order chi connectivity index (χ1) is 7.92. The summed E-state index contributed by atoms with van der Waals surface area (Å²) in [6.45, 7) is 0. The van der Waals surface area contributed by atoms with Crippen molar-refractivity contribution in [3.05, 3.63) is 60.0 Å². The standard InChI is InChI=1S/C13H13BrO2/c14-7-3-5-11-4-1-2-6-12(11)13-10-15-8-9-16-13/h1,3-5,8-10H,2,6-7H2. The van der Waals surface area contributed by atoms with Crippen LogP contribution in [0.3, 0.4) is 0 Å². The Morgan fingerprint density at radius 2 is 2.31 bits per heavy atom. The van der Waals surface area contributed by atoms with E-state index in [1.54, 1.807) is 12.5 Å². The summed E-state index contributed by atoms with van der Waals surface area (Å²) in [5.41, 5.74) is 2.39. The molecule has 2 aliphatic rings. The van der Waals surface area contributed by atoms with Gasteiger partial charge < -0.3 is 9.47 Å². The fraction of sp³-hybridized carbons (Fsp3) is 0.231. The summed E-state index contributed by atoms with van der Waals surface area (Å²) in [7, 11) is 0. The maximum absolute atomic E-state index is 5.45. The van der Waals surface area contributed by atoms with E-state index in [2.05, 4.69) is 40.2 Å². The van der Waals surface area contributed by atoms with Crippen molar-refractivity contribution in [3.63, 3.8) is 0 Å². The van der Waals surface area contributed by atoms with Gasteiger partial charge in [-0.1, -0.05) is 40.2 Å². The molecule has 0 bridgehead atoms. The van der Waals surface area contributed by atoms with Gasteiger partial charge >= 0.3 is 0 Å². The maximum atomic E-state index is 5.45. The Morgan fingerprint density at radius 3 is 3.06 bits per heavy atom. The van der Waals surface area contributed by atoms with Crippen LogP contribution in [0.25, 0.3) is 0 Å². The van der Waals surface area contributed by atoms with Crippen molar-refractivity contribution in [1.29, 1.82) is 0 Å².